The van der Waals surface area contributed by atoms with Gasteiger partial charge in [0.25, 0.3) is 5.56 Å². The van der Waals surface area contributed by atoms with Crippen molar-refractivity contribution in [1.82, 2.24) is 18.8 Å². The predicted octanol–water partition coefficient (Wildman–Crippen LogP) is 2.11. The Labute approximate surface area is 168 Å². The van der Waals surface area contributed by atoms with Crippen molar-refractivity contribution in [3.8, 4) is 11.1 Å². The molecule has 2 aromatic heterocycles. The Balaban J connectivity index is 1.59. The monoisotopic (exact) mass is 408 g/mol. The normalized spacial score (nSPS) is 21.5. The summed E-state index contributed by atoms with van der Waals surface area (Å²) in [5, 5.41) is 0. The van der Waals surface area contributed by atoms with Crippen LogP contribution in [0.2, 0.25) is 0 Å². The van der Waals surface area contributed by atoms with Gasteiger partial charge in [0.2, 0.25) is 10.0 Å². The number of sulfonamides is 1. The van der Waals surface area contributed by atoms with Gasteiger partial charge in [-0.1, -0.05) is 18.2 Å². The van der Waals surface area contributed by atoms with Gasteiger partial charge in [-0.3, -0.25) is 4.79 Å². The van der Waals surface area contributed by atoms with Crippen molar-refractivity contribution in [1.29, 1.82) is 0 Å². The molecule has 3 aromatic rings. The number of aromatic nitrogens is 3. The topological polar surface area (TPSA) is 85.2 Å². The first kappa shape index (κ1) is 18.2. The maximum absolute atomic E-state index is 13.2. The van der Waals surface area contributed by atoms with E-state index in [4.69, 9.17) is 0 Å². The molecule has 0 amide bonds. The predicted molar refractivity (Wildman–Crippen MR) is 108 cm³/mol. The van der Waals surface area contributed by atoms with Gasteiger partial charge >= 0.3 is 0 Å². The van der Waals surface area contributed by atoms with Gasteiger partial charge in [0, 0.05) is 60.8 Å². The number of nitrogens with zero attached hydrogens (tertiary/aromatic N) is 4. The molecule has 1 aromatic carbocycles. The molecule has 29 heavy (non-hydrogen) atoms. The van der Waals surface area contributed by atoms with Gasteiger partial charge in [0.15, 0.2) is 0 Å². The van der Waals surface area contributed by atoms with Crippen molar-refractivity contribution in [2.45, 2.75) is 23.8 Å². The zero-order valence-electron chi connectivity index (χ0n) is 15.7. The number of hydrogen-bond acceptors (Lipinski definition) is 5. The van der Waals surface area contributed by atoms with E-state index < -0.39 is 10.0 Å². The molecule has 0 radical (unpaired) electrons. The number of benzene rings is 1. The number of hydrogen-bond donors (Lipinski definition) is 0. The number of rotatable bonds is 3. The number of pyridine rings is 1. The molecule has 0 saturated carbocycles. The minimum Gasteiger partial charge on any atom is -0.311 e. The van der Waals surface area contributed by atoms with Gasteiger partial charge in [-0.25, -0.2) is 18.4 Å². The van der Waals surface area contributed by atoms with Crippen molar-refractivity contribution < 1.29 is 8.42 Å². The molecule has 2 aliphatic rings. The summed E-state index contributed by atoms with van der Waals surface area (Å²) < 4.78 is 29.8. The van der Waals surface area contributed by atoms with E-state index in [0.717, 1.165) is 23.2 Å². The fourth-order valence-corrected chi connectivity index (χ4v) is 6.17. The van der Waals surface area contributed by atoms with Gasteiger partial charge in [-0.05, 0) is 30.5 Å². The van der Waals surface area contributed by atoms with Gasteiger partial charge in [-0.2, -0.15) is 4.31 Å². The van der Waals surface area contributed by atoms with Crippen LogP contribution in [0.3, 0.4) is 0 Å². The highest BCUT2D eigenvalue weighted by Crippen LogP contribution is 2.40. The lowest BCUT2D eigenvalue weighted by Crippen LogP contribution is -2.49. The lowest BCUT2D eigenvalue weighted by atomic mass is 9.81. The van der Waals surface area contributed by atoms with Crippen LogP contribution in [0, 0.1) is 5.92 Å². The lowest BCUT2D eigenvalue weighted by Gasteiger charge is -2.42. The van der Waals surface area contributed by atoms with E-state index >= 15 is 0 Å². The third-order valence-electron chi connectivity index (χ3n) is 5.81. The van der Waals surface area contributed by atoms with Crippen LogP contribution in [0.5, 0.6) is 0 Å². The SMILES string of the molecule is O=c1ccc(-c2cncnc2)c2n1CC1CC2CN(S(=O)(=O)c2ccccc2)C1. The first-order valence-corrected chi connectivity index (χ1v) is 11.0. The van der Waals surface area contributed by atoms with E-state index in [9.17, 15) is 13.2 Å². The maximum Gasteiger partial charge on any atom is 0.250 e. The van der Waals surface area contributed by atoms with E-state index in [0.29, 0.717) is 24.5 Å². The molecule has 0 aliphatic carbocycles. The highest BCUT2D eigenvalue weighted by atomic mass is 32.2. The Morgan fingerprint density at radius 1 is 0.931 bits per heavy atom. The lowest BCUT2D eigenvalue weighted by molar-refractivity contribution is 0.187. The quantitative estimate of drug-likeness (QED) is 0.663. The Kier molecular flexibility index (Phi) is 4.33. The van der Waals surface area contributed by atoms with E-state index in [2.05, 4.69) is 9.97 Å². The van der Waals surface area contributed by atoms with Gasteiger partial charge in [-0.15, -0.1) is 0 Å². The fraction of sp³-hybridized carbons (Fsp3) is 0.286. The van der Waals surface area contributed by atoms with Crippen molar-refractivity contribution >= 4 is 10.0 Å². The Morgan fingerprint density at radius 3 is 2.45 bits per heavy atom. The van der Waals surface area contributed by atoms with Crippen LogP contribution < -0.4 is 5.56 Å². The first-order chi connectivity index (χ1) is 14.0. The Hall–Kier alpha value is -2.84. The minimum atomic E-state index is -3.57. The molecule has 0 spiro atoms. The molecule has 1 saturated heterocycles. The average Bonchev–Trinajstić information content (AvgIpc) is 2.75. The van der Waals surface area contributed by atoms with Gasteiger partial charge in [0.05, 0.1) is 4.90 Å². The van der Waals surface area contributed by atoms with Crippen LogP contribution in [-0.4, -0.2) is 40.3 Å². The molecule has 4 heterocycles. The molecular weight excluding hydrogens is 388 g/mol. The van der Waals surface area contributed by atoms with Crippen LogP contribution in [0.15, 0.2) is 70.9 Å². The molecule has 2 atom stereocenters. The third-order valence-corrected chi connectivity index (χ3v) is 7.65. The fourth-order valence-electron chi connectivity index (χ4n) is 4.59. The molecule has 8 heteroatoms. The summed E-state index contributed by atoms with van der Waals surface area (Å²) in [6.45, 7) is 1.31. The standard InChI is InChI=1S/C21H20N4O3S/c26-20-7-6-19(17-9-22-14-23-10-17)21-16-8-15(12-25(20)21)11-24(13-16)29(27,28)18-4-2-1-3-5-18/h1-7,9-10,14-16H,8,11-13H2. The summed E-state index contributed by atoms with van der Waals surface area (Å²) in [5.74, 6) is 0.0600. The minimum absolute atomic E-state index is 0.0466. The second-order valence-electron chi connectivity index (χ2n) is 7.64. The van der Waals surface area contributed by atoms with E-state index in [-0.39, 0.29) is 17.4 Å². The largest absolute Gasteiger partial charge is 0.311 e. The first-order valence-electron chi connectivity index (χ1n) is 9.58. The van der Waals surface area contributed by atoms with Crippen LogP contribution in [0.25, 0.3) is 11.1 Å². The summed E-state index contributed by atoms with van der Waals surface area (Å²) in [6, 6.07) is 11.9. The molecular formula is C21H20N4O3S. The highest BCUT2D eigenvalue weighted by molar-refractivity contribution is 7.89. The van der Waals surface area contributed by atoms with E-state index in [1.807, 2.05) is 4.57 Å². The van der Waals surface area contributed by atoms with Crippen molar-refractivity contribution in [3.05, 3.63) is 77.2 Å². The molecule has 148 valence electrons. The van der Waals surface area contributed by atoms with Crippen LogP contribution in [-0.2, 0) is 16.6 Å². The summed E-state index contributed by atoms with van der Waals surface area (Å²) in [7, 11) is -3.57. The van der Waals surface area contributed by atoms with Gasteiger partial charge in [0.1, 0.15) is 6.33 Å². The zero-order chi connectivity index (χ0) is 20.0. The second kappa shape index (κ2) is 6.89. The van der Waals surface area contributed by atoms with Crippen LogP contribution in [0.1, 0.15) is 18.0 Å². The van der Waals surface area contributed by atoms with Crippen molar-refractivity contribution in [2.75, 3.05) is 13.1 Å². The van der Waals surface area contributed by atoms with E-state index in [1.54, 1.807) is 59.2 Å². The summed E-state index contributed by atoms with van der Waals surface area (Å²) in [4.78, 5) is 21.1. The summed E-state index contributed by atoms with van der Waals surface area (Å²) in [6.07, 6.45) is 5.78. The zero-order valence-corrected chi connectivity index (χ0v) is 16.5. The third kappa shape index (κ3) is 3.08. The van der Waals surface area contributed by atoms with Crippen molar-refractivity contribution in [2.24, 2.45) is 5.92 Å². The van der Waals surface area contributed by atoms with E-state index in [1.165, 1.54) is 6.33 Å². The molecule has 5 rings (SSSR count). The Morgan fingerprint density at radius 2 is 1.69 bits per heavy atom. The molecule has 1 fully saturated rings. The van der Waals surface area contributed by atoms with Crippen LogP contribution >= 0.6 is 0 Å². The maximum atomic E-state index is 13.2. The molecule has 0 N–H and O–H groups in total. The smallest absolute Gasteiger partial charge is 0.250 e. The molecule has 7 nitrogen and oxygen atoms in total. The van der Waals surface area contributed by atoms with Gasteiger partial charge < -0.3 is 4.57 Å². The summed E-state index contributed by atoms with van der Waals surface area (Å²) >= 11 is 0. The average molecular weight is 408 g/mol. The molecule has 2 unspecified atom stereocenters. The number of fused-ring (bicyclic) bond motifs is 4. The molecule has 2 bridgehead atoms. The van der Waals surface area contributed by atoms with Crippen molar-refractivity contribution in [3.63, 3.8) is 0 Å². The molecule has 2 aliphatic heterocycles. The van der Waals surface area contributed by atoms with Crippen LogP contribution in [0.4, 0.5) is 0 Å². The highest BCUT2D eigenvalue weighted by Gasteiger charge is 2.40. The number of piperidine rings is 1. The Bertz CT molecular complexity index is 1210. The summed E-state index contributed by atoms with van der Waals surface area (Å²) in [5.41, 5.74) is 2.57. The second-order valence-corrected chi connectivity index (χ2v) is 9.58.